The Balaban J connectivity index is 1.28. The molecule has 0 radical (unpaired) electrons. The van der Waals surface area contributed by atoms with E-state index in [0.717, 1.165) is 35.3 Å². The van der Waals surface area contributed by atoms with Crippen LogP contribution in [0.5, 0.6) is 0 Å². The molecule has 4 aromatic rings. The Morgan fingerprint density at radius 1 is 1.14 bits per heavy atom. The third-order valence-electron chi connectivity index (χ3n) is 7.03. The predicted octanol–water partition coefficient (Wildman–Crippen LogP) is 5.42. The Kier molecular flexibility index (Phi) is 5.14. The molecule has 182 valence electrons. The summed E-state index contributed by atoms with van der Waals surface area (Å²) >= 11 is 0. The van der Waals surface area contributed by atoms with E-state index < -0.39 is 0 Å². The second-order valence-corrected chi connectivity index (χ2v) is 10.3. The molecule has 0 unspecified atom stereocenters. The molecule has 0 bridgehead atoms. The SMILES string of the molecule is Cc1cc2c(cc1Nc1ccnc(-c3ccc(-n4cnc(C5CC5)c4)c(F)c3)n1)C(C)(C)CNC2=O. The molecule has 1 amide bonds. The number of rotatable bonds is 5. The highest BCUT2D eigenvalue weighted by molar-refractivity contribution is 5.98. The zero-order valence-electron chi connectivity index (χ0n) is 20.5. The van der Waals surface area contributed by atoms with Gasteiger partial charge in [0, 0.05) is 47.1 Å². The van der Waals surface area contributed by atoms with Crippen LogP contribution in [0.15, 0.2) is 55.1 Å². The number of aryl methyl sites for hydroxylation is 1. The minimum Gasteiger partial charge on any atom is -0.351 e. The van der Waals surface area contributed by atoms with Crippen LogP contribution < -0.4 is 10.6 Å². The number of anilines is 2. The van der Waals surface area contributed by atoms with Gasteiger partial charge in [0.1, 0.15) is 11.6 Å². The van der Waals surface area contributed by atoms with E-state index in [9.17, 15) is 4.79 Å². The van der Waals surface area contributed by atoms with Gasteiger partial charge in [-0.1, -0.05) is 13.8 Å². The molecule has 36 heavy (non-hydrogen) atoms. The van der Waals surface area contributed by atoms with Gasteiger partial charge in [0.2, 0.25) is 0 Å². The van der Waals surface area contributed by atoms with Crippen LogP contribution in [0.2, 0.25) is 0 Å². The Labute approximate surface area is 208 Å². The van der Waals surface area contributed by atoms with Gasteiger partial charge < -0.3 is 15.2 Å². The summed E-state index contributed by atoms with van der Waals surface area (Å²) in [5.74, 6) is 1.12. The lowest BCUT2D eigenvalue weighted by molar-refractivity contribution is 0.0930. The molecule has 1 aliphatic heterocycles. The fourth-order valence-corrected chi connectivity index (χ4v) is 4.70. The number of hydrogen-bond acceptors (Lipinski definition) is 5. The first-order valence-corrected chi connectivity index (χ1v) is 12.2. The quantitative estimate of drug-likeness (QED) is 0.397. The van der Waals surface area contributed by atoms with E-state index in [4.69, 9.17) is 0 Å². The third kappa shape index (κ3) is 4.02. The number of nitrogens with zero attached hydrogens (tertiary/aromatic N) is 4. The van der Waals surface area contributed by atoms with Gasteiger partial charge in [0.05, 0.1) is 17.7 Å². The van der Waals surface area contributed by atoms with Crippen molar-refractivity contribution in [3.05, 3.63) is 83.3 Å². The number of fused-ring (bicyclic) bond motifs is 1. The van der Waals surface area contributed by atoms with Gasteiger partial charge in [-0.05, 0) is 67.3 Å². The van der Waals surface area contributed by atoms with E-state index >= 15 is 4.39 Å². The van der Waals surface area contributed by atoms with Gasteiger partial charge in [0.15, 0.2) is 5.82 Å². The van der Waals surface area contributed by atoms with Gasteiger partial charge in [-0.15, -0.1) is 0 Å². The van der Waals surface area contributed by atoms with Crippen LogP contribution in [-0.2, 0) is 5.41 Å². The summed E-state index contributed by atoms with van der Waals surface area (Å²) in [6.07, 6.45) is 7.52. The Hall–Kier alpha value is -4.07. The number of hydrogen-bond donors (Lipinski definition) is 2. The van der Waals surface area contributed by atoms with E-state index in [2.05, 4.69) is 39.4 Å². The number of halogens is 1. The molecule has 0 spiro atoms. The van der Waals surface area contributed by atoms with Crippen molar-refractivity contribution in [2.75, 3.05) is 11.9 Å². The molecule has 2 aromatic heterocycles. The highest BCUT2D eigenvalue weighted by atomic mass is 19.1. The zero-order chi connectivity index (χ0) is 25.0. The van der Waals surface area contributed by atoms with E-state index in [0.29, 0.717) is 40.9 Å². The Morgan fingerprint density at radius 3 is 2.75 bits per heavy atom. The van der Waals surface area contributed by atoms with E-state index in [-0.39, 0.29) is 17.1 Å². The summed E-state index contributed by atoms with van der Waals surface area (Å²) in [5.41, 5.74) is 5.37. The molecule has 8 heteroatoms. The summed E-state index contributed by atoms with van der Waals surface area (Å²) in [6, 6.07) is 10.7. The van der Waals surface area contributed by atoms with Crippen LogP contribution in [0.3, 0.4) is 0 Å². The topological polar surface area (TPSA) is 84.7 Å². The summed E-state index contributed by atoms with van der Waals surface area (Å²) < 4.78 is 16.8. The fraction of sp³-hybridized carbons (Fsp3) is 0.286. The van der Waals surface area contributed by atoms with Gasteiger partial charge in [0.25, 0.3) is 5.91 Å². The standard InChI is InChI=1S/C28H27FN6O/c1-16-10-19-20(28(2,3)14-31-27(19)36)12-22(16)33-25-8-9-30-26(34-25)18-6-7-24(21(29)11-18)35-13-23(32-15-35)17-4-5-17/h6-13,15,17H,4-5,14H2,1-3H3,(H,31,36)(H,30,33,34). The van der Waals surface area contributed by atoms with Crippen LogP contribution in [0.4, 0.5) is 15.9 Å². The third-order valence-corrected chi connectivity index (χ3v) is 7.03. The summed E-state index contributed by atoms with van der Waals surface area (Å²) in [6.45, 7) is 6.77. The van der Waals surface area contributed by atoms with Crippen molar-refractivity contribution >= 4 is 17.4 Å². The van der Waals surface area contributed by atoms with Crippen molar-refractivity contribution in [1.82, 2.24) is 24.8 Å². The smallest absolute Gasteiger partial charge is 0.251 e. The summed E-state index contributed by atoms with van der Waals surface area (Å²) in [4.78, 5) is 25.8. The van der Waals surface area contributed by atoms with Crippen LogP contribution >= 0.6 is 0 Å². The minimum absolute atomic E-state index is 0.0479. The Bertz CT molecular complexity index is 1500. The van der Waals surface area contributed by atoms with Crippen molar-refractivity contribution in [1.29, 1.82) is 0 Å². The number of carbonyl (C=O) groups excluding carboxylic acids is 1. The molecule has 1 saturated carbocycles. The second kappa shape index (κ2) is 8.26. The van der Waals surface area contributed by atoms with Gasteiger partial charge in [-0.25, -0.2) is 19.3 Å². The van der Waals surface area contributed by atoms with E-state index in [1.165, 1.54) is 6.07 Å². The average Bonchev–Trinajstić information content (AvgIpc) is 3.60. The van der Waals surface area contributed by atoms with E-state index in [1.54, 1.807) is 29.2 Å². The van der Waals surface area contributed by atoms with Crippen LogP contribution in [0.25, 0.3) is 17.1 Å². The normalized spacial score (nSPS) is 16.4. The van der Waals surface area contributed by atoms with Crippen LogP contribution in [-0.4, -0.2) is 32.0 Å². The highest BCUT2D eigenvalue weighted by Gasteiger charge is 2.32. The average molecular weight is 483 g/mol. The fourth-order valence-electron chi connectivity index (χ4n) is 4.70. The van der Waals surface area contributed by atoms with Gasteiger partial charge in [-0.2, -0.15) is 0 Å². The Morgan fingerprint density at radius 2 is 1.97 bits per heavy atom. The van der Waals surface area contributed by atoms with Gasteiger partial charge in [-0.3, -0.25) is 4.79 Å². The predicted molar refractivity (Wildman–Crippen MR) is 136 cm³/mol. The van der Waals surface area contributed by atoms with Crippen molar-refractivity contribution < 1.29 is 9.18 Å². The first-order chi connectivity index (χ1) is 17.3. The van der Waals surface area contributed by atoms with Crippen molar-refractivity contribution in [2.45, 2.75) is 44.9 Å². The molecule has 7 nitrogen and oxygen atoms in total. The van der Waals surface area contributed by atoms with Gasteiger partial charge >= 0.3 is 0 Å². The van der Waals surface area contributed by atoms with Crippen molar-refractivity contribution in [3.63, 3.8) is 0 Å². The molecule has 6 rings (SSSR count). The maximum Gasteiger partial charge on any atom is 0.251 e. The molecule has 1 aliphatic carbocycles. The maximum absolute atomic E-state index is 15.1. The van der Waals surface area contributed by atoms with Crippen molar-refractivity contribution in [3.8, 4) is 17.1 Å². The summed E-state index contributed by atoms with van der Waals surface area (Å²) in [5, 5.41) is 6.33. The highest BCUT2D eigenvalue weighted by Crippen LogP contribution is 2.39. The number of nitrogens with one attached hydrogen (secondary N) is 2. The first-order valence-electron chi connectivity index (χ1n) is 12.2. The number of benzene rings is 2. The van der Waals surface area contributed by atoms with Crippen molar-refractivity contribution in [2.24, 2.45) is 0 Å². The largest absolute Gasteiger partial charge is 0.351 e. The molecular formula is C28H27FN6O. The monoisotopic (exact) mass is 482 g/mol. The lowest BCUT2D eigenvalue weighted by Gasteiger charge is -2.33. The number of aromatic nitrogens is 4. The lowest BCUT2D eigenvalue weighted by Crippen LogP contribution is -2.43. The zero-order valence-corrected chi connectivity index (χ0v) is 20.5. The lowest BCUT2D eigenvalue weighted by atomic mass is 9.78. The molecular weight excluding hydrogens is 455 g/mol. The molecule has 3 heterocycles. The first kappa shape index (κ1) is 22.4. The number of carbonyl (C=O) groups is 1. The minimum atomic E-state index is -0.361. The molecule has 2 aliphatic rings. The summed E-state index contributed by atoms with van der Waals surface area (Å²) in [7, 11) is 0. The maximum atomic E-state index is 15.1. The molecule has 0 saturated heterocycles. The van der Waals surface area contributed by atoms with E-state index in [1.807, 2.05) is 31.3 Å². The molecule has 2 N–H and O–H groups in total. The molecule has 0 atom stereocenters. The number of imidazole rings is 1. The van der Waals surface area contributed by atoms with Crippen LogP contribution in [0.1, 0.15) is 59.8 Å². The number of amides is 1. The molecule has 1 fully saturated rings. The second-order valence-electron chi connectivity index (χ2n) is 10.3. The van der Waals surface area contributed by atoms with Crippen LogP contribution in [0, 0.1) is 12.7 Å². The molecule has 2 aromatic carbocycles.